The summed E-state index contributed by atoms with van der Waals surface area (Å²) in [6.07, 6.45) is -4.73. The second-order valence-electron chi connectivity index (χ2n) is 5.43. The Morgan fingerprint density at radius 2 is 1.32 bits per heavy atom. The minimum Gasteiger partial charge on any atom is -0.442 e. The van der Waals surface area contributed by atoms with Crippen LogP contribution in [0.3, 0.4) is 0 Å². The fraction of sp³-hybridized carbons (Fsp3) is 0.235. The van der Waals surface area contributed by atoms with Gasteiger partial charge in [-0.15, -0.1) is 0 Å². The summed E-state index contributed by atoms with van der Waals surface area (Å²) in [5.74, 6) is -0.875. The summed E-state index contributed by atoms with van der Waals surface area (Å²) in [5, 5.41) is 0. The van der Waals surface area contributed by atoms with E-state index in [1.807, 2.05) is 0 Å². The minimum absolute atomic E-state index is 0.0755. The van der Waals surface area contributed by atoms with Gasteiger partial charge in [-0.2, -0.15) is 13.2 Å². The fourth-order valence-corrected chi connectivity index (χ4v) is 3.06. The summed E-state index contributed by atoms with van der Waals surface area (Å²) in [6.45, 7) is 1.29. The Labute approximate surface area is 125 Å². The zero-order valence-corrected chi connectivity index (χ0v) is 11.7. The molecule has 1 aliphatic heterocycles. The molecule has 5 heteroatoms. The van der Waals surface area contributed by atoms with E-state index in [-0.39, 0.29) is 11.1 Å². The molecule has 2 aromatic carbocycles. The average molecular weight is 306 g/mol. The van der Waals surface area contributed by atoms with E-state index >= 15 is 0 Å². The Balaban J connectivity index is 2.26. The van der Waals surface area contributed by atoms with Crippen molar-refractivity contribution >= 4 is 5.97 Å². The molecule has 0 amide bonds. The van der Waals surface area contributed by atoms with Crippen LogP contribution < -0.4 is 0 Å². The van der Waals surface area contributed by atoms with E-state index in [0.717, 1.165) is 0 Å². The molecule has 0 saturated carbocycles. The lowest BCUT2D eigenvalue weighted by atomic mass is 9.60. The predicted octanol–water partition coefficient (Wildman–Crippen LogP) is 3.96. The molecular formula is C17H13F3O2. The van der Waals surface area contributed by atoms with Gasteiger partial charge in [-0.25, -0.2) is 0 Å². The molecule has 2 nitrogen and oxygen atoms in total. The molecule has 1 aliphatic rings. The van der Waals surface area contributed by atoms with Gasteiger partial charge < -0.3 is 4.74 Å². The maximum atomic E-state index is 13.9. The number of benzene rings is 2. The summed E-state index contributed by atoms with van der Waals surface area (Å²) < 4.78 is 46.5. The molecule has 22 heavy (non-hydrogen) atoms. The summed E-state index contributed by atoms with van der Waals surface area (Å²) >= 11 is 0. The standard InChI is InChI=1S/C17H13F3O2/c1-15(12-8-4-2-5-9-12)14(21)22-16(15,17(18,19)20)13-10-6-3-7-11-13/h2-11H,1H3/t15-,16+/m1/s1. The smallest absolute Gasteiger partial charge is 0.434 e. The van der Waals surface area contributed by atoms with Gasteiger partial charge in [0.1, 0.15) is 5.41 Å². The highest BCUT2D eigenvalue weighted by Gasteiger charge is 2.80. The molecule has 2 atom stereocenters. The number of cyclic esters (lactones) is 1. The number of carbonyl (C=O) groups excluding carboxylic acids is 1. The van der Waals surface area contributed by atoms with Crippen LogP contribution in [0.15, 0.2) is 60.7 Å². The molecule has 1 fully saturated rings. The van der Waals surface area contributed by atoms with Gasteiger partial charge >= 0.3 is 12.1 Å². The lowest BCUT2D eigenvalue weighted by Gasteiger charge is -2.55. The largest absolute Gasteiger partial charge is 0.442 e. The van der Waals surface area contributed by atoms with E-state index < -0.39 is 23.2 Å². The van der Waals surface area contributed by atoms with Crippen LogP contribution in [-0.2, 0) is 20.5 Å². The Morgan fingerprint density at radius 3 is 1.73 bits per heavy atom. The van der Waals surface area contributed by atoms with Crippen LogP contribution in [0.5, 0.6) is 0 Å². The zero-order valence-electron chi connectivity index (χ0n) is 11.7. The van der Waals surface area contributed by atoms with Crippen LogP contribution in [0.4, 0.5) is 13.2 Å². The number of alkyl halides is 3. The molecule has 3 rings (SSSR count). The molecule has 0 aliphatic carbocycles. The third kappa shape index (κ3) is 1.65. The first-order valence-corrected chi connectivity index (χ1v) is 6.75. The fourth-order valence-electron chi connectivity index (χ4n) is 3.06. The average Bonchev–Trinajstić information content (AvgIpc) is 2.52. The summed E-state index contributed by atoms with van der Waals surface area (Å²) in [7, 11) is 0. The predicted molar refractivity (Wildman–Crippen MR) is 74.1 cm³/mol. The van der Waals surface area contributed by atoms with E-state index in [2.05, 4.69) is 0 Å². The van der Waals surface area contributed by atoms with Crippen molar-refractivity contribution in [2.75, 3.05) is 0 Å². The molecule has 0 radical (unpaired) electrons. The third-order valence-corrected chi connectivity index (χ3v) is 4.29. The number of esters is 1. The molecule has 0 unspecified atom stereocenters. The van der Waals surface area contributed by atoms with Crippen LogP contribution in [0.1, 0.15) is 18.1 Å². The second-order valence-corrected chi connectivity index (χ2v) is 5.43. The number of hydrogen-bond acceptors (Lipinski definition) is 2. The van der Waals surface area contributed by atoms with Crippen molar-refractivity contribution in [3.05, 3.63) is 71.8 Å². The van der Waals surface area contributed by atoms with Gasteiger partial charge in [-0.05, 0) is 12.5 Å². The van der Waals surface area contributed by atoms with Gasteiger partial charge in [-0.1, -0.05) is 60.7 Å². The highest BCUT2D eigenvalue weighted by Crippen LogP contribution is 2.61. The number of hydrogen-bond donors (Lipinski definition) is 0. The summed E-state index contributed by atoms with van der Waals surface area (Å²) in [4.78, 5) is 12.1. The highest BCUT2D eigenvalue weighted by molar-refractivity contribution is 5.92. The maximum Gasteiger partial charge on any atom is 0.434 e. The van der Waals surface area contributed by atoms with Crippen molar-refractivity contribution in [3.8, 4) is 0 Å². The lowest BCUT2D eigenvalue weighted by molar-refractivity contribution is -0.337. The van der Waals surface area contributed by atoms with Crippen LogP contribution in [0.25, 0.3) is 0 Å². The Morgan fingerprint density at radius 1 is 0.864 bits per heavy atom. The van der Waals surface area contributed by atoms with Gasteiger partial charge in [0.2, 0.25) is 0 Å². The van der Waals surface area contributed by atoms with Crippen molar-refractivity contribution in [2.24, 2.45) is 0 Å². The van der Waals surface area contributed by atoms with E-state index in [9.17, 15) is 18.0 Å². The van der Waals surface area contributed by atoms with Crippen molar-refractivity contribution in [2.45, 2.75) is 24.1 Å². The highest BCUT2D eigenvalue weighted by atomic mass is 19.4. The molecular weight excluding hydrogens is 293 g/mol. The monoisotopic (exact) mass is 306 g/mol. The third-order valence-electron chi connectivity index (χ3n) is 4.29. The van der Waals surface area contributed by atoms with E-state index in [4.69, 9.17) is 4.74 Å². The first-order chi connectivity index (χ1) is 10.3. The molecule has 1 heterocycles. The molecule has 1 saturated heterocycles. The SMILES string of the molecule is C[C@@]1(c2ccccc2)C(=O)O[C@]1(c1ccccc1)C(F)(F)F. The van der Waals surface area contributed by atoms with Crippen LogP contribution in [0.2, 0.25) is 0 Å². The van der Waals surface area contributed by atoms with E-state index in [1.165, 1.54) is 43.3 Å². The minimum atomic E-state index is -4.73. The molecule has 2 aromatic rings. The lowest BCUT2D eigenvalue weighted by Crippen LogP contribution is -2.72. The first-order valence-electron chi connectivity index (χ1n) is 6.75. The zero-order chi connectivity index (χ0) is 16.0. The van der Waals surface area contributed by atoms with Gasteiger partial charge in [0.25, 0.3) is 5.60 Å². The summed E-state index contributed by atoms with van der Waals surface area (Å²) in [6, 6.07) is 15.2. The second kappa shape index (κ2) is 4.60. The van der Waals surface area contributed by atoms with Crippen molar-refractivity contribution in [3.63, 3.8) is 0 Å². The topological polar surface area (TPSA) is 26.3 Å². The number of carbonyl (C=O) groups is 1. The quantitative estimate of drug-likeness (QED) is 0.785. The van der Waals surface area contributed by atoms with Gasteiger partial charge in [-0.3, -0.25) is 4.79 Å². The van der Waals surface area contributed by atoms with Crippen molar-refractivity contribution < 1.29 is 22.7 Å². The number of ether oxygens (including phenoxy) is 1. The van der Waals surface area contributed by atoms with Crippen molar-refractivity contribution in [1.29, 1.82) is 0 Å². The van der Waals surface area contributed by atoms with Crippen LogP contribution in [-0.4, -0.2) is 12.1 Å². The summed E-state index contributed by atoms with van der Waals surface area (Å²) in [5.41, 5.74) is -4.27. The molecule has 0 spiro atoms. The number of halogens is 3. The van der Waals surface area contributed by atoms with Gasteiger partial charge in [0, 0.05) is 5.56 Å². The Kier molecular flexibility index (Phi) is 3.06. The molecule has 114 valence electrons. The first kappa shape index (κ1) is 14.6. The van der Waals surface area contributed by atoms with Gasteiger partial charge in [0.05, 0.1) is 0 Å². The van der Waals surface area contributed by atoms with E-state index in [1.54, 1.807) is 24.3 Å². The van der Waals surface area contributed by atoms with E-state index in [0.29, 0.717) is 0 Å². The van der Waals surface area contributed by atoms with Gasteiger partial charge in [0.15, 0.2) is 0 Å². The van der Waals surface area contributed by atoms with Crippen molar-refractivity contribution in [1.82, 2.24) is 0 Å². The molecule has 0 aromatic heterocycles. The normalized spacial score (nSPS) is 27.9. The van der Waals surface area contributed by atoms with Crippen LogP contribution in [0, 0.1) is 0 Å². The Bertz CT molecular complexity index is 697. The number of rotatable bonds is 2. The molecule has 0 bridgehead atoms. The van der Waals surface area contributed by atoms with Crippen LogP contribution >= 0.6 is 0 Å². The molecule has 0 N–H and O–H groups in total. The Hall–Kier alpha value is -2.30. The maximum absolute atomic E-state index is 13.9.